The minimum absolute atomic E-state index is 0.772. The molecule has 0 fully saturated rings. The summed E-state index contributed by atoms with van der Waals surface area (Å²) in [5.41, 5.74) is 2.38. The first-order chi connectivity index (χ1) is 6.83. The summed E-state index contributed by atoms with van der Waals surface area (Å²) in [6.07, 6.45) is 7.58. The van der Waals surface area contributed by atoms with Crippen LogP contribution in [0, 0.1) is 12.3 Å². The summed E-state index contributed by atoms with van der Waals surface area (Å²) in [5, 5.41) is 0.772. The van der Waals surface area contributed by atoms with E-state index in [4.69, 9.17) is 6.42 Å². The molecule has 0 radical (unpaired) electrons. The van der Waals surface area contributed by atoms with Gasteiger partial charge in [-0.3, -0.25) is 0 Å². The highest BCUT2D eigenvalue weighted by Gasteiger charge is 2.01. The van der Waals surface area contributed by atoms with E-state index in [0.29, 0.717) is 0 Å². The fourth-order valence-electron chi connectivity index (χ4n) is 1.48. The molecule has 0 unspecified atom stereocenters. The second-order valence-corrected chi connectivity index (χ2v) is 4.25. The molecular formula is C12H11NS. The van der Waals surface area contributed by atoms with E-state index in [1.165, 1.54) is 10.3 Å². The van der Waals surface area contributed by atoms with Crippen LogP contribution in [0.3, 0.4) is 0 Å². The number of fused-ring (bicyclic) bond motifs is 1. The van der Waals surface area contributed by atoms with Gasteiger partial charge in [0.15, 0.2) is 5.01 Å². The topological polar surface area (TPSA) is 12.9 Å². The van der Waals surface area contributed by atoms with Crippen molar-refractivity contribution in [2.24, 2.45) is 0 Å². The lowest BCUT2D eigenvalue weighted by Crippen LogP contribution is -1.81. The first-order valence-corrected chi connectivity index (χ1v) is 5.51. The third-order valence-corrected chi connectivity index (χ3v) is 3.08. The molecule has 1 nitrogen and oxygen atoms in total. The Morgan fingerprint density at radius 1 is 1.50 bits per heavy atom. The van der Waals surface area contributed by atoms with Crippen LogP contribution in [0.4, 0.5) is 0 Å². The van der Waals surface area contributed by atoms with Crippen LogP contribution >= 0.6 is 11.3 Å². The number of hydrogen-bond acceptors (Lipinski definition) is 2. The van der Waals surface area contributed by atoms with Crippen molar-refractivity contribution in [3.8, 4) is 12.3 Å². The monoisotopic (exact) mass is 201 g/mol. The van der Waals surface area contributed by atoms with Gasteiger partial charge in [0.25, 0.3) is 0 Å². The summed E-state index contributed by atoms with van der Waals surface area (Å²) >= 11 is 1.58. The third kappa shape index (κ3) is 1.64. The number of aryl methyl sites for hydroxylation is 1. The predicted molar refractivity (Wildman–Crippen MR) is 61.6 cm³/mol. The lowest BCUT2D eigenvalue weighted by atomic mass is 10.1. The Balaban J connectivity index is 2.50. The second-order valence-electron chi connectivity index (χ2n) is 3.22. The minimum Gasteiger partial charge on any atom is -0.228 e. The van der Waals surface area contributed by atoms with Crippen molar-refractivity contribution in [2.45, 2.75) is 19.8 Å². The van der Waals surface area contributed by atoms with Crippen LogP contribution < -0.4 is 0 Å². The number of aromatic nitrogens is 1. The van der Waals surface area contributed by atoms with Crippen LogP contribution in [0.25, 0.3) is 10.2 Å². The molecule has 70 valence electrons. The second kappa shape index (κ2) is 3.81. The molecule has 1 aromatic heterocycles. The third-order valence-electron chi connectivity index (χ3n) is 2.11. The van der Waals surface area contributed by atoms with Crippen LogP contribution in [0.2, 0.25) is 0 Å². The highest BCUT2D eigenvalue weighted by Crippen LogP contribution is 2.22. The Bertz CT molecular complexity index is 490. The van der Waals surface area contributed by atoms with E-state index < -0.39 is 0 Å². The normalized spacial score (nSPS) is 10.3. The molecule has 0 spiro atoms. The van der Waals surface area contributed by atoms with Gasteiger partial charge in [-0.15, -0.1) is 17.8 Å². The number of nitrogens with zero attached hydrogens (tertiary/aromatic N) is 1. The van der Waals surface area contributed by atoms with E-state index in [1.807, 2.05) is 0 Å². The Hall–Kier alpha value is -1.33. The largest absolute Gasteiger partial charge is 0.228 e. The summed E-state index contributed by atoms with van der Waals surface area (Å²) in [6, 6.07) is 6.40. The smallest absolute Gasteiger partial charge is 0.167 e. The number of benzene rings is 1. The van der Waals surface area contributed by atoms with Crippen molar-refractivity contribution in [2.75, 3.05) is 0 Å². The lowest BCUT2D eigenvalue weighted by molar-refractivity contribution is 0.923. The molecule has 2 aromatic rings. The van der Waals surface area contributed by atoms with Gasteiger partial charge in [-0.25, -0.2) is 4.98 Å². The molecule has 1 heterocycles. The van der Waals surface area contributed by atoms with Crippen LogP contribution in [-0.2, 0) is 6.42 Å². The molecule has 0 saturated carbocycles. The van der Waals surface area contributed by atoms with Crippen LogP contribution in [0.15, 0.2) is 18.2 Å². The van der Waals surface area contributed by atoms with Gasteiger partial charge in [-0.1, -0.05) is 19.4 Å². The molecule has 0 saturated heterocycles. The van der Waals surface area contributed by atoms with Crippen molar-refractivity contribution in [3.05, 3.63) is 28.8 Å². The number of terminal acetylenes is 1. The molecule has 2 rings (SSSR count). The molecule has 0 aliphatic rings. The van der Waals surface area contributed by atoms with E-state index in [0.717, 1.165) is 23.4 Å². The van der Waals surface area contributed by atoms with E-state index in [1.54, 1.807) is 11.3 Å². The van der Waals surface area contributed by atoms with Gasteiger partial charge < -0.3 is 0 Å². The zero-order valence-corrected chi connectivity index (χ0v) is 8.90. The average molecular weight is 201 g/mol. The Morgan fingerprint density at radius 3 is 3.07 bits per heavy atom. The molecule has 2 heteroatoms. The molecule has 0 N–H and O–H groups in total. The molecule has 0 atom stereocenters. The standard InChI is InChI=1S/C12H11NS/c1-3-5-9-6-7-11-10(8-9)13-12(4-2)14-11/h2,6-8H,3,5H2,1H3. The van der Waals surface area contributed by atoms with Gasteiger partial charge >= 0.3 is 0 Å². The minimum atomic E-state index is 0.772. The quantitative estimate of drug-likeness (QED) is 0.680. The van der Waals surface area contributed by atoms with Crippen molar-refractivity contribution < 1.29 is 0 Å². The Kier molecular flexibility index (Phi) is 2.51. The van der Waals surface area contributed by atoms with Crippen molar-refractivity contribution in [3.63, 3.8) is 0 Å². The number of thiazole rings is 1. The molecule has 0 amide bonds. The van der Waals surface area contributed by atoms with Crippen molar-refractivity contribution in [1.29, 1.82) is 0 Å². The summed E-state index contributed by atoms with van der Waals surface area (Å²) in [5.74, 6) is 2.58. The molecule has 0 aliphatic heterocycles. The van der Waals surface area contributed by atoms with Gasteiger partial charge in [-0.2, -0.15) is 0 Å². The van der Waals surface area contributed by atoms with Crippen LogP contribution in [0.5, 0.6) is 0 Å². The van der Waals surface area contributed by atoms with Gasteiger partial charge in [0, 0.05) is 0 Å². The van der Waals surface area contributed by atoms with Gasteiger partial charge in [0.05, 0.1) is 10.2 Å². The molecular weight excluding hydrogens is 190 g/mol. The van der Waals surface area contributed by atoms with Crippen molar-refractivity contribution >= 4 is 21.6 Å². The average Bonchev–Trinajstić information content (AvgIpc) is 2.60. The van der Waals surface area contributed by atoms with E-state index in [9.17, 15) is 0 Å². The van der Waals surface area contributed by atoms with Gasteiger partial charge in [0.1, 0.15) is 0 Å². The summed E-state index contributed by atoms with van der Waals surface area (Å²) in [4.78, 5) is 4.36. The number of rotatable bonds is 2. The van der Waals surface area contributed by atoms with Crippen molar-refractivity contribution in [1.82, 2.24) is 4.98 Å². The van der Waals surface area contributed by atoms with E-state index in [-0.39, 0.29) is 0 Å². The maximum Gasteiger partial charge on any atom is 0.167 e. The molecule has 0 aliphatic carbocycles. The molecule has 14 heavy (non-hydrogen) atoms. The zero-order valence-electron chi connectivity index (χ0n) is 8.08. The summed E-state index contributed by atoms with van der Waals surface area (Å²) in [6.45, 7) is 2.18. The highest BCUT2D eigenvalue weighted by molar-refractivity contribution is 7.19. The Labute approximate surface area is 87.8 Å². The van der Waals surface area contributed by atoms with Crippen LogP contribution in [-0.4, -0.2) is 4.98 Å². The Morgan fingerprint density at radius 2 is 2.36 bits per heavy atom. The lowest BCUT2D eigenvalue weighted by Gasteiger charge is -1.96. The summed E-state index contributed by atoms with van der Waals surface area (Å²) in [7, 11) is 0. The van der Waals surface area contributed by atoms with E-state index >= 15 is 0 Å². The van der Waals surface area contributed by atoms with E-state index in [2.05, 4.69) is 36.0 Å². The molecule has 0 bridgehead atoms. The summed E-state index contributed by atoms with van der Waals surface area (Å²) < 4.78 is 1.18. The van der Waals surface area contributed by atoms with Gasteiger partial charge in [0.2, 0.25) is 0 Å². The molecule has 1 aromatic carbocycles. The first kappa shape index (κ1) is 9.23. The van der Waals surface area contributed by atoms with Crippen LogP contribution in [0.1, 0.15) is 23.9 Å². The SMILES string of the molecule is C#Cc1nc2cc(CCC)ccc2s1. The fraction of sp³-hybridized carbons (Fsp3) is 0.250. The van der Waals surface area contributed by atoms with Gasteiger partial charge in [-0.05, 0) is 30.0 Å². The predicted octanol–water partition coefficient (Wildman–Crippen LogP) is 3.23. The highest BCUT2D eigenvalue weighted by atomic mass is 32.1. The zero-order chi connectivity index (χ0) is 9.97. The first-order valence-electron chi connectivity index (χ1n) is 4.69. The fourth-order valence-corrected chi connectivity index (χ4v) is 2.24. The maximum atomic E-state index is 5.31. The maximum absolute atomic E-state index is 5.31. The number of hydrogen-bond donors (Lipinski definition) is 0.